The molecule has 0 heterocycles. The van der Waals surface area contributed by atoms with Crippen LogP contribution in [0.25, 0.3) is 0 Å². The van der Waals surface area contributed by atoms with E-state index in [2.05, 4.69) is 10.0 Å². The van der Waals surface area contributed by atoms with Gasteiger partial charge in [0.25, 0.3) is 15.9 Å². The first kappa shape index (κ1) is 25.9. The van der Waals surface area contributed by atoms with Gasteiger partial charge in [-0.15, -0.1) is 0 Å². The number of carboxylic acid groups (broad SMARTS) is 1. The van der Waals surface area contributed by atoms with Gasteiger partial charge in [0.05, 0.1) is 30.5 Å². The maximum Gasteiger partial charge on any atom is 0.335 e. The van der Waals surface area contributed by atoms with Crippen LogP contribution in [0.1, 0.15) is 26.3 Å². The van der Waals surface area contributed by atoms with Gasteiger partial charge in [0.1, 0.15) is 16.4 Å². The Bertz CT molecular complexity index is 1340. The molecule has 3 N–H and O–H groups in total. The first-order chi connectivity index (χ1) is 16.6. The molecule has 0 saturated carbocycles. The maximum absolute atomic E-state index is 13.0. The van der Waals surface area contributed by atoms with E-state index in [4.69, 9.17) is 26.2 Å². The number of halogens is 1. The lowest BCUT2D eigenvalue weighted by Crippen LogP contribution is -2.26. The Labute approximate surface area is 207 Å². The second-order valence-corrected chi connectivity index (χ2v) is 9.38. The Kier molecular flexibility index (Phi) is 8.21. The monoisotopic (exact) mass is 518 g/mol. The lowest BCUT2D eigenvalue weighted by Gasteiger charge is -2.14. The van der Waals surface area contributed by atoms with E-state index in [-0.39, 0.29) is 39.0 Å². The molecule has 0 atom stereocenters. The number of methoxy groups -OCH3 is 2. The van der Waals surface area contributed by atoms with Crippen molar-refractivity contribution in [1.82, 2.24) is 5.32 Å². The molecular formula is C24H23ClN2O7S. The third kappa shape index (κ3) is 6.43. The van der Waals surface area contributed by atoms with Crippen LogP contribution in [0.4, 0.5) is 5.69 Å². The minimum atomic E-state index is -4.13. The number of carbonyl (C=O) groups excluding carboxylic acids is 1. The van der Waals surface area contributed by atoms with Crippen LogP contribution in [0.2, 0.25) is 5.02 Å². The fourth-order valence-electron chi connectivity index (χ4n) is 3.17. The van der Waals surface area contributed by atoms with Gasteiger partial charge in [-0.3, -0.25) is 9.52 Å². The molecule has 1 amide bonds. The number of sulfonamides is 1. The number of hydrogen-bond donors (Lipinski definition) is 3. The highest BCUT2D eigenvalue weighted by molar-refractivity contribution is 7.92. The molecule has 3 rings (SSSR count). The van der Waals surface area contributed by atoms with Gasteiger partial charge >= 0.3 is 5.97 Å². The average Bonchev–Trinajstić information content (AvgIpc) is 2.85. The van der Waals surface area contributed by atoms with Gasteiger partial charge in [-0.25, -0.2) is 13.2 Å². The van der Waals surface area contributed by atoms with E-state index in [0.29, 0.717) is 12.2 Å². The summed E-state index contributed by atoms with van der Waals surface area (Å²) in [7, 11) is -1.37. The second-order valence-electron chi connectivity index (χ2n) is 7.32. The summed E-state index contributed by atoms with van der Waals surface area (Å²) in [5.74, 6) is -1.00. The van der Waals surface area contributed by atoms with Gasteiger partial charge in [-0.1, -0.05) is 23.7 Å². The average molecular weight is 519 g/mol. The Morgan fingerprint density at radius 3 is 2.26 bits per heavy atom. The molecule has 0 fully saturated rings. The van der Waals surface area contributed by atoms with Crippen molar-refractivity contribution in [1.29, 1.82) is 0 Å². The zero-order valence-electron chi connectivity index (χ0n) is 18.9. The fraction of sp³-hybridized carbons (Fsp3) is 0.167. The Morgan fingerprint density at radius 1 is 0.943 bits per heavy atom. The molecule has 0 unspecified atom stereocenters. The smallest absolute Gasteiger partial charge is 0.335 e. The van der Waals surface area contributed by atoms with Crippen LogP contribution in [0, 0.1) is 0 Å². The normalized spacial score (nSPS) is 10.9. The fourth-order valence-corrected chi connectivity index (χ4v) is 4.65. The van der Waals surface area contributed by atoms with Crippen molar-refractivity contribution < 1.29 is 32.6 Å². The van der Waals surface area contributed by atoms with Crippen LogP contribution in [0.3, 0.4) is 0 Å². The van der Waals surface area contributed by atoms with Crippen LogP contribution >= 0.6 is 11.6 Å². The van der Waals surface area contributed by atoms with Crippen LogP contribution < -0.4 is 19.5 Å². The molecule has 0 spiro atoms. The standard InChI is InChI=1S/C24H23ClN2O7S/c1-33-18-8-10-21(34-2)22(14-18)35(31,32)27-20-13-17(7-9-19(20)25)23(28)26-12-11-15-3-5-16(6-4-15)24(29)30/h3-10,13-14,27H,11-12H2,1-2H3,(H,26,28)(H,29,30). The van der Waals surface area contributed by atoms with Crippen molar-refractivity contribution in [3.05, 3.63) is 82.4 Å². The number of ether oxygens (including phenoxy) is 2. The Balaban J connectivity index is 1.72. The summed E-state index contributed by atoms with van der Waals surface area (Å²) in [6.07, 6.45) is 0.481. The second kappa shape index (κ2) is 11.1. The minimum absolute atomic E-state index is 0.0217. The van der Waals surface area contributed by atoms with E-state index >= 15 is 0 Å². The number of carboxylic acids is 1. The van der Waals surface area contributed by atoms with Crippen LogP contribution in [-0.2, 0) is 16.4 Å². The molecule has 0 aliphatic carbocycles. The number of anilines is 1. The molecule has 0 radical (unpaired) electrons. The van der Waals surface area contributed by atoms with Crippen molar-refractivity contribution in [2.75, 3.05) is 25.5 Å². The Hall–Kier alpha value is -3.76. The number of hydrogen-bond acceptors (Lipinski definition) is 6. The van der Waals surface area contributed by atoms with Gasteiger partial charge in [-0.2, -0.15) is 0 Å². The summed E-state index contributed by atoms with van der Waals surface area (Å²) in [6, 6.07) is 14.9. The van der Waals surface area contributed by atoms with Crippen molar-refractivity contribution in [2.24, 2.45) is 0 Å². The molecule has 0 aliphatic heterocycles. The summed E-state index contributed by atoms with van der Waals surface area (Å²) in [6.45, 7) is 0.288. The number of aromatic carboxylic acids is 1. The van der Waals surface area contributed by atoms with Crippen molar-refractivity contribution in [3.8, 4) is 11.5 Å². The lowest BCUT2D eigenvalue weighted by molar-refractivity contribution is 0.0696. The summed E-state index contributed by atoms with van der Waals surface area (Å²) in [5.41, 5.74) is 1.26. The van der Waals surface area contributed by atoms with E-state index in [1.807, 2.05) is 0 Å². The zero-order valence-corrected chi connectivity index (χ0v) is 20.4. The van der Waals surface area contributed by atoms with E-state index in [0.717, 1.165) is 5.56 Å². The number of nitrogens with one attached hydrogen (secondary N) is 2. The third-order valence-electron chi connectivity index (χ3n) is 5.03. The van der Waals surface area contributed by atoms with Crippen molar-refractivity contribution in [2.45, 2.75) is 11.3 Å². The van der Waals surface area contributed by atoms with Gasteiger partial charge in [-0.05, 0) is 54.4 Å². The number of benzene rings is 3. The van der Waals surface area contributed by atoms with Crippen molar-refractivity contribution in [3.63, 3.8) is 0 Å². The SMILES string of the molecule is COc1ccc(OC)c(S(=O)(=O)Nc2cc(C(=O)NCCc3ccc(C(=O)O)cc3)ccc2Cl)c1. The maximum atomic E-state index is 13.0. The highest BCUT2D eigenvalue weighted by Gasteiger charge is 2.22. The lowest BCUT2D eigenvalue weighted by atomic mass is 10.1. The third-order valence-corrected chi connectivity index (χ3v) is 6.75. The van der Waals surface area contributed by atoms with Crippen LogP contribution in [-0.4, -0.2) is 46.2 Å². The van der Waals surface area contributed by atoms with E-state index in [9.17, 15) is 18.0 Å². The van der Waals surface area contributed by atoms with E-state index in [1.165, 1.54) is 56.7 Å². The molecule has 9 nitrogen and oxygen atoms in total. The molecule has 35 heavy (non-hydrogen) atoms. The highest BCUT2D eigenvalue weighted by atomic mass is 35.5. The molecular weight excluding hydrogens is 496 g/mol. The largest absolute Gasteiger partial charge is 0.497 e. The minimum Gasteiger partial charge on any atom is -0.497 e. The molecule has 0 aromatic heterocycles. The summed E-state index contributed by atoms with van der Waals surface area (Å²) < 4.78 is 38.7. The number of rotatable bonds is 10. The van der Waals surface area contributed by atoms with Crippen molar-refractivity contribution >= 4 is 39.2 Å². The Morgan fingerprint density at radius 2 is 1.63 bits per heavy atom. The van der Waals surface area contributed by atoms with Gasteiger partial charge in [0, 0.05) is 18.2 Å². The first-order valence-electron chi connectivity index (χ1n) is 10.3. The van der Waals surface area contributed by atoms with E-state index in [1.54, 1.807) is 18.2 Å². The van der Waals surface area contributed by atoms with Crippen LogP contribution in [0.15, 0.2) is 65.6 Å². The predicted octanol–water partition coefficient (Wildman–Crippen LogP) is 3.83. The quantitative estimate of drug-likeness (QED) is 0.371. The molecule has 3 aromatic rings. The number of amides is 1. The number of carbonyl (C=O) groups is 2. The molecule has 11 heteroatoms. The summed E-state index contributed by atoms with van der Waals surface area (Å²) >= 11 is 6.19. The van der Waals surface area contributed by atoms with Gasteiger partial charge < -0.3 is 19.9 Å². The molecule has 0 saturated heterocycles. The summed E-state index contributed by atoms with van der Waals surface area (Å²) in [5, 5.41) is 11.8. The highest BCUT2D eigenvalue weighted by Crippen LogP contribution is 2.32. The summed E-state index contributed by atoms with van der Waals surface area (Å²) in [4.78, 5) is 23.4. The first-order valence-corrected chi connectivity index (χ1v) is 12.2. The zero-order chi connectivity index (χ0) is 25.6. The van der Waals surface area contributed by atoms with Gasteiger partial charge in [0.2, 0.25) is 0 Å². The van der Waals surface area contributed by atoms with Crippen LogP contribution in [0.5, 0.6) is 11.5 Å². The topological polar surface area (TPSA) is 131 Å². The molecule has 184 valence electrons. The van der Waals surface area contributed by atoms with E-state index < -0.39 is 21.9 Å². The van der Waals surface area contributed by atoms with Gasteiger partial charge in [0.15, 0.2) is 0 Å². The molecule has 0 bridgehead atoms. The molecule has 0 aliphatic rings. The predicted molar refractivity (Wildman–Crippen MR) is 131 cm³/mol. The molecule has 3 aromatic carbocycles.